The number of hydrogen-bond acceptors (Lipinski definition) is 4. The fourth-order valence-corrected chi connectivity index (χ4v) is 2.55. The van der Waals surface area contributed by atoms with E-state index in [2.05, 4.69) is 15.3 Å². The van der Waals surface area contributed by atoms with E-state index < -0.39 is 18.2 Å². The summed E-state index contributed by atoms with van der Waals surface area (Å²) in [5, 5.41) is 5.45. The third kappa shape index (κ3) is 4.17. The molecule has 0 aromatic carbocycles. The molecule has 5 nitrogen and oxygen atoms in total. The number of nitrogens with one attached hydrogen (secondary N) is 2. The van der Waals surface area contributed by atoms with E-state index in [1.165, 1.54) is 11.4 Å². The highest BCUT2D eigenvalue weighted by molar-refractivity contribution is 7.09. The summed E-state index contributed by atoms with van der Waals surface area (Å²) in [5.74, 6) is 0.175. The molecule has 0 bridgehead atoms. The zero-order valence-corrected chi connectivity index (χ0v) is 12.5. The Bertz CT molecular complexity index is 671. The molecule has 0 aliphatic carbocycles. The van der Waals surface area contributed by atoms with Gasteiger partial charge in [0.2, 0.25) is 0 Å². The molecule has 0 radical (unpaired) electrons. The highest BCUT2D eigenvalue weighted by Gasteiger charge is 2.43. The van der Waals surface area contributed by atoms with E-state index in [1.54, 1.807) is 26.0 Å². The molecular weight excluding hydrogens is 317 g/mol. The molecule has 0 unspecified atom stereocenters. The van der Waals surface area contributed by atoms with E-state index >= 15 is 0 Å². The molecular formula is C13H13F3N4OS. The highest BCUT2D eigenvalue weighted by atomic mass is 32.1. The van der Waals surface area contributed by atoms with Crippen LogP contribution < -0.4 is 10.6 Å². The molecule has 2 aromatic rings. The van der Waals surface area contributed by atoms with Gasteiger partial charge in [-0.2, -0.15) is 13.2 Å². The molecule has 0 aliphatic heterocycles. The minimum absolute atomic E-state index is 0.175. The van der Waals surface area contributed by atoms with Crippen molar-refractivity contribution < 1.29 is 18.0 Å². The summed E-state index contributed by atoms with van der Waals surface area (Å²) in [6.45, 7) is 3.30. The van der Waals surface area contributed by atoms with Crippen molar-refractivity contribution in [1.82, 2.24) is 15.3 Å². The molecule has 1 atom stereocenters. The predicted molar refractivity (Wildman–Crippen MR) is 76.8 cm³/mol. The van der Waals surface area contributed by atoms with Crippen LogP contribution in [0, 0.1) is 13.8 Å². The summed E-state index contributed by atoms with van der Waals surface area (Å²) >= 11 is 0.846. The van der Waals surface area contributed by atoms with Crippen LogP contribution in [-0.4, -0.2) is 22.2 Å². The number of thiazole rings is 1. The van der Waals surface area contributed by atoms with Crippen molar-refractivity contribution in [2.45, 2.75) is 26.1 Å². The van der Waals surface area contributed by atoms with E-state index in [-0.39, 0.29) is 10.8 Å². The number of pyridine rings is 1. The maximum Gasteiger partial charge on any atom is 0.415 e. The number of urea groups is 1. The molecule has 22 heavy (non-hydrogen) atoms. The van der Waals surface area contributed by atoms with Crippen LogP contribution in [0.3, 0.4) is 0 Å². The van der Waals surface area contributed by atoms with Crippen LogP contribution in [0.1, 0.15) is 22.4 Å². The van der Waals surface area contributed by atoms with E-state index in [9.17, 15) is 18.0 Å². The number of anilines is 1. The third-order valence-corrected chi connectivity index (χ3v) is 3.64. The van der Waals surface area contributed by atoms with Crippen molar-refractivity contribution in [1.29, 1.82) is 0 Å². The number of carbonyl (C=O) groups excluding carboxylic acids is 1. The molecule has 2 N–H and O–H groups in total. The zero-order valence-electron chi connectivity index (χ0n) is 11.7. The Balaban J connectivity index is 2.12. The summed E-state index contributed by atoms with van der Waals surface area (Å²) < 4.78 is 39.3. The largest absolute Gasteiger partial charge is 0.415 e. The maximum absolute atomic E-state index is 13.1. The first-order valence-electron chi connectivity index (χ1n) is 6.25. The Morgan fingerprint density at radius 1 is 1.23 bits per heavy atom. The van der Waals surface area contributed by atoms with Gasteiger partial charge in [0.05, 0.1) is 0 Å². The van der Waals surface area contributed by atoms with Crippen LogP contribution in [0.15, 0.2) is 23.6 Å². The lowest BCUT2D eigenvalue weighted by molar-refractivity contribution is -0.154. The molecule has 2 heterocycles. The number of halogens is 3. The van der Waals surface area contributed by atoms with Gasteiger partial charge < -0.3 is 5.32 Å². The average molecular weight is 330 g/mol. The van der Waals surface area contributed by atoms with Crippen molar-refractivity contribution >= 4 is 23.2 Å². The number of hydrogen-bond donors (Lipinski definition) is 2. The van der Waals surface area contributed by atoms with Crippen molar-refractivity contribution in [3.63, 3.8) is 0 Å². The molecule has 0 aliphatic rings. The number of rotatable bonds is 3. The van der Waals surface area contributed by atoms with Crippen molar-refractivity contribution in [2.75, 3.05) is 5.32 Å². The normalized spacial score (nSPS) is 12.8. The molecule has 9 heteroatoms. The molecule has 118 valence electrons. The summed E-state index contributed by atoms with van der Waals surface area (Å²) in [6.07, 6.45) is -4.64. The topological polar surface area (TPSA) is 66.9 Å². The average Bonchev–Trinajstić information content (AvgIpc) is 2.81. The van der Waals surface area contributed by atoms with Crippen LogP contribution in [0.5, 0.6) is 0 Å². The van der Waals surface area contributed by atoms with E-state index in [0.717, 1.165) is 11.3 Å². The Labute approximate surface area is 128 Å². The fourth-order valence-electron chi connectivity index (χ4n) is 1.68. The fraction of sp³-hybridized carbons (Fsp3) is 0.308. The Morgan fingerprint density at radius 3 is 2.50 bits per heavy atom. The van der Waals surface area contributed by atoms with Gasteiger partial charge in [0.25, 0.3) is 0 Å². The van der Waals surface area contributed by atoms with Gasteiger partial charge in [0.15, 0.2) is 6.04 Å². The second kappa shape index (κ2) is 6.30. The van der Waals surface area contributed by atoms with Crippen molar-refractivity contribution in [3.05, 3.63) is 40.0 Å². The second-order valence-corrected chi connectivity index (χ2v) is 5.45. The van der Waals surface area contributed by atoms with Crippen molar-refractivity contribution in [2.24, 2.45) is 0 Å². The number of nitrogens with zero attached hydrogens (tertiary/aromatic N) is 2. The van der Waals surface area contributed by atoms with Crippen LogP contribution in [0.2, 0.25) is 0 Å². The highest BCUT2D eigenvalue weighted by Crippen LogP contribution is 2.34. The first-order valence-corrected chi connectivity index (χ1v) is 7.13. The van der Waals surface area contributed by atoms with Gasteiger partial charge >= 0.3 is 12.2 Å². The second-order valence-electron chi connectivity index (χ2n) is 4.56. The van der Waals surface area contributed by atoms with Crippen molar-refractivity contribution in [3.8, 4) is 0 Å². The minimum atomic E-state index is -4.64. The molecule has 0 fully saturated rings. The van der Waals surface area contributed by atoms with Gasteiger partial charge in [-0.05, 0) is 26.0 Å². The standard InChI is InChI=1S/C13H13F3N4OS/c1-7-4-3-5-9(17-7)19-12(21)20-10(13(14,15)16)11-18-8(2)6-22-11/h3-6,10H,1-2H3,(H2,17,19,20,21)/t10-/m0/s1. The molecule has 2 rings (SSSR count). The minimum Gasteiger partial charge on any atom is -0.320 e. The van der Waals surface area contributed by atoms with Crippen LogP contribution in [0.25, 0.3) is 0 Å². The van der Waals surface area contributed by atoms with Crippen LogP contribution >= 0.6 is 11.3 Å². The molecule has 0 spiro atoms. The quantitative estimate of drug-likeness (QED) is 0.904. The lowest BCUT2D eigenvalue weighted by atomic mass is 10.3. The summed E-state index contributed by atoms with van der Waals surface area (Å²) in [5.41, 5.74) is 1.11. The molecule has 0 saturated heterocycles. The Kier molecular flexibility index (Phi) is 4.65. The lowest BCUT2D eigenvalue weighted by Gasteiger charge is -2.19. The van der Waals surface area contributed by atoms with Gasteiger partial charge in [-0.15, -0.1) is 11.3 Å². The van der Waals surface area contributed by atoms with Gasteiger partial charge in [0, 0.05) is 16.8 Å². The predicted octanol–water partition coefficient (Wildman–Crippen LogP) is 3.58. The smallest absolute Gasteiger partial charge is 0.320 e. The van der Waals surface area contributed by atoms with E-state index in [0.29, 0.717) is 11.4 Å². The summed E-state index contributed by atoms with van der Waals surface area (Å²) in [6, 6.07) is 1.69. The first kappa shape index (κ1) is 16.2. The molecule has 0 saturated carbocycles. The number of aryl methyl sites for hydroxylation is 2. The van der Waals surface area contributed by atoms with E-state index in [4.69, 9.17) is 0 Å². The van der Waals surface area contributed by atoms with Gasteiger partial charge in [-0.3, -0.25) is 5.32 Å². The Hall–Kier alpha value is -2.16. The number of carbonyl (C=O) groups is 1. The SMILES string of the molecule is Cc1cccc(NC(=O)N[C@@H](c2nc(C)cs2)C(F)(F)F)n1. The third-order valence-electron chi connectivity index (χ3n) is 2.62. The maximum atomic E-state index is 13.1. The Morgan fingerprint density at radius 2 is 1.95 bits per heavy atom. The van der Waals surface area contributed by atoms with Gasteiger partial charge in [-0.25, -0.2) is 14.8 Å². The molecule has 2 amide bonds. The lowest BCUT2D eigenvalue weighted by Crippen LogP contribution is -2.40. The van der Waals surface area contributed by atoms with Crippen LogP contribution in [-0.2, 0) is 0 Å². The number of aromatic nitrogens is 2. The summed E-state index contributed by atoms with van der Waals surface area (Å²) in [7, 11) is 0. The first-order chi connectivity index (χ1) is 10.3. The van der Waals surface area contributed by atoms with E-state index in [1.807, 2.05) is 5.32 Å². The summed E-state index contributed by atoms with van der Waals surface area (Å²) in [4.78, 5) is 19.6. The van der Waals surface area contributed by atoms with Crippen LogP contribution in [0.4, 0.5) is 23.8 Å². The van der Waals surface area contributed by atoms with Gasteiger partial charge in [-0.1, -0.05) is 6.07 Å². The monoisotopic (exact) mass is 330 g/mol. The zero-order chi connectivity index (χ0) is 16.3. The molecule has 2 aromatic heterocycles. The number of amides is 2. The van der Waals surface area contributed by atoms with Gasteiger partial charge in [0.1, 0.15) is 10.8 Å². The number of alkyl halides is 3.